The fourth-order valence-electron chi connectivity index (χ4n) is 4.22. The maximum Gasteiger partial charge on any atom is 0.249 e. The van der Waals surface area contributed by atoms with Crippen LogP contribution in [0.25, 0.3) is 0 Å². The predicted molar refractivity (Wildman–Crippen MR) is 98.2 cm³/mol. The van der Waals surface area contributed by atoms with Crippen LogP contribution in [0.2, 0.25) is 0 Å². The third-order valence-electron chi connectivity index (χ3n) is 5.70. The molecule has 7 nitrogen and oxygen atoms in total. The minimum atomic E-state index is -0.604. The molecule has 138 valence electrons. The summed E-state index contributed by atoms with van der Waals surface area (Å²) in [6.07, 6.45) is 0.638. The van der Waals surface area contributed by atoms with E-state index < -0.39 is 6.04 Å². The van der Waals surface area contributed by atoms with Crippen LogP contribution in [0, 0.1) is 0 Å². The van der Waals surface area contributed by atoms with Crippen LogP contribution >= 0.6 is 0 Å². The van der Waals surface area contributed by atoms with Gasteiger partial charge in [0, 0.05) is 43.5 Å². The Morgan fingerprint density at radius 1 is 1.15 bits per heavy atom. The maximum absolute atomic E-state index is 12.9. The normalized spacial score (nSPS) is 29.0. The SMILES string of the molecule is C[C@@H]1C(=O)N(C2CCC(=O)NC2=O)c2ccc(N3CCNC[C@@H]3C)cc21. The molecule has 3 heterocycles. The van der Waals surface area contributed by atoms with E-state index in [0.29, 0.717) is 12.5 Å². The first-order valence-electron chi connectivity index (χ1n) is 9.25. The summed E-state index contributed by atoms with van der Waals surface area (Å²) < 4.78 is 0. The summed E-state index contributed by atoms with van der Waals surface area (Å²) in [4.78, 5) is 40.5. The number of carbonyl (C=O) groups is 3. The maximum atomic E-state index is 12.9. The number of nitrogens with zero attached hydrogens (tertiary/aromatic N) is 2. The third kappa shape index (κ3) is 2.67. The molecule has 0 spiro atoms. The number of anilines is 2. The molecule has 3 aliphatic heterocycles. The van der Waals surface area contributed by atoms with Gasteiger partial charge in [0.15, 0.2) is 0 Å². The van der Waals surface area contributed by atoms with Crippen molar-refractivity contribution < 1.29 is 14.4 Å². The lowest BCUT2D eigenvalue weighted by Gasteiger charge is -2.36. The number of carbonyl (C=O) groups excluding carboxylic acids is 3. The quantitative estimate of drug-likeness (QED) is 0.764. The van der Waals surface area contributed by atoms with Gasteiger partial charge in [-0.2, -0.15) is 0 Å². The lowest BCUT2D eigenvalue weighted by atomic mass is 10.0. The second kappa shape index (κ2) is 6.39. The van der Waals surface area contributed by atoms with E-state index in [1.165, 1.54) is 0 Å². The number of nitrogens with one attached hydrogen (secondary N) is 2. The number of benzene rings is 1. The first-order valence-corrected chi connectivity index (χ1v) is 9.25. The molecule has 0 bridgehead atoms. The summed E-state index contributed by atoms with van der Waals surface area (Å²) in [6, 6.07) is 5.86. The molecule has 2 saturated heterocycles. The Balaban J connectivity index is 1.67. The minimum Gasteiger partial charge on any atom is -0.366 e. The molecule has 26 heavy (non-hydrogen) atoms. The number of piperidine rings is 1. The summed E-state index contributed by atoms with van der Waals surface area (Å²) in [6.45, 7) is 6.88. The molecule has 0 saturated carbocycles. The molecule has 1 aromatic rings. The van der Waals surface area contributed by atoms with Crippen LogP contribution in [0.1, 0.15) is 38.2 Å². The highest BCUT2D eigenvalue weighted by atomic mass is 16.2. The molecule has 1 unspecified atom stereocenters. The first-order chi connectivity index (χ1) is 12.5. The molecule has 1 aromatic carbocycles. The Bertz CT molecular complexity index is 778. The Hall–Kier alpha value is -2.41. The number of hydrogen-bond acceptors (Lipinski definition) is 5. The molecule has 3 amide bonds. The van der Waals surface area contributed by atoms with E-state index in [1.807, 2.05) is 19.1 Å². The number of piperazine rings is 1. The first kappa shape index (κ1) is 17.0. The smallest absolute Gasteiger partial charge is 0.249 e. The Morgan fingerprint density at radius 3 is 2.69 bits per heavy atom. The standard InChI is InChI=1S/C19H24N4O3/c1-11-10-20-7-8-22(11)13-3-4-15-14(9-13)12(2)19(26)23(15)16-5-6-17(24)21-18(16)25/h3-4,9,11-12,16,20H,5-8,10H2,1-2H3,(H,21,24,25)/t11-,12-,16?/m0/s1. The van der Waals surface area contributed by atoms with Crippen LogP contribution in [0.5, 0.6) is 0 Å². The zero-order valence-corrected chi connectivity index (χ0v) is 15.1. The van der Waals surface area contributed by atoms with Gasteiger partial charge in [-0.1, -0.05) is 0 Å². The van der Waals surface area contributed by atoms with E-state index in [4.69, 9.17) is 0 Å². The summed E-state index contributed by atoms with van der Waals surface area (Å²) in [5.41, 5.74) is 2.87. The van der Waals surface area contributed by atoms with E-state index in [0.717, 1.165) is 36.6 Å². The van der Waals surface area contributed by atoms with E-state index in [-0.39, 0.29) is 30.1 Å². The van der Waals surface area contributed by atoms with Gasteiger partial charge in [-0.3, -0.25) is 24.6 Å². The number of imide groups is 1. The Labute approximate surface area is 152 Å². The van der Waals surface area contributed by atoms with Crippen molar-refractivity contribution in [2.75, 3.05) is 29.4 Å². The molecule has 7 heteroatoms. The summed E-state index contributed by atoms with van der Waals surface area (Å²) >= 11 is 0. The molecule has 2 N–H and O–H groups in total. The van der Waals surface area contributed by atoms with Crippen LogP contribution in [0.15, 0.2) is 18.2 Å². The fraction of sp³-hybridized carbons (Fsp3) is 0.526. The van der Waals surface area contributed by atoms with Crippen molar-refractivity contribution in [3.8, 4) is 0 Å². The zero-order chi connectivity index (χ0) is 18.4. The van der Waals surface area contributed by atoms with Gasteiger partial charge in [-0.25, -0.2) is 0 Å². The Kier molecular flexibility index (Phi) is 4.19. The van der Waals surface area contributed by atoms with Crippen LogP contribution < -0.4 is 20.4 Å². The molecule has 0 aliphatic carbocycles. The van der Waals surface area contributed by atoms with Crippen molar-refractivity contribution in [1.82, 2.24) is 10.6 Å². The van der Waals surface area contributed by atoms with Gasteiger partial charge >= 0.3 is 0 Å². The highest BCUT2D eigenvalue weighted by molar-refractivity contribution is 6.12. The van der Waals surface area contributed by atoms with E-state index in [9.17, 15) is 14.4 Å². The summed E-state index contributed by atoms with van der Waals surface area (Å²) in [5.74, 6) is -1.00. The molecule has 0 radical (unpaired) electrons. The van der Waals surface area contributed by atoms with E-state index in [2.05, 4.69) is 28.5 Å². The molecule has 3 aliphatic rings. The van der Waals surface area contributed by atoms with Crippen molar-refractivity contribution in [3.05, 3.63) is 23.8 Å². The minimum absolute atomic E-state index is 0.0694. The molecule has 2 fully saturated rings. The van der Waals surface area contributed by atoms with E-state index >= 15 is 0 Å². The highest BCUT2D eigenvalue weighted by Gasteiger charge is 2.43. The number of hydrogen-bond donors (Lipinski definition) is 2. The lowest BCUT2D eigenvalue weighted by Crippen LogP contribution is -2.53. The third-order valence-corrected chi connectivity index (χ3v) is 5.70. The van der Waals surface area contributed by atoms with E-state index in [1.54, 1.807) is 4.90 Å². The van der Waals surface area contributed by atoms with Crippen LogP contribution in [0.3, 0.4) is 0 Å². The largest absolute Gasteiger partial charge is 0.366 e. The zero-order valence-electron chi connectivity index (χ0n) is 15.1. The summed E-state index contributed by atoms with van der Waals surface area (Å²) in [7, 11) is 0. The van der Waals surface area contributed by atoms with Gasteiger partial charge in [0.05, 0.1) is 5.92 Å². The average molecular weight is 356 g/mol. The topological polar surface area (TPSA) is 81.8 Å². The molecule has 0 aromatic heterocycles. The predicted octanol–water partition coefficient (Wildman–Crippen LogP) is 0.740. The molecular weight excluding hydrogens is 332 g/mol. The van der Waals surface area contributed by atoms with Crippen molar-refractivity contribution >= 4 is 29.1 Å². The van der Waals surface area contributed by atoms with Crippen molar-refractivity contribution in [3.63, 3.8) is 0 Å². The van der Waals surface area contributed by atoms with Crippen molar-refractivity contribution in [1.29, 1.82) is 0 Å². The fourth-order valence-corrected chi connectivity index (χ4v) is 4.22. The van der Waals surface area contributed by atoms with Crippen LogP contribution in [-0.2, 0) is 14.4 Å². The van der Waals surface area contributed by atoms with Gasteiger partial charge in [-0.05, 0) is 44.0 Å². The monoisotopic (exact) mass is 356 g/mol. The van der Waals surface area contributed by atoms with Crippen molar-refractivity contribution in [2.24, 2.45) is 0 Å². The average Bonchev–Trinajstić information content (AvgIpc) is 2.87. The molecule has 4 rings (SSSR count). The highest BCUT2D eigenvalue weighted by Crippen LogP contribution is 2.41. The lowest BCUT2D eigenvalue weighted by molar-refractivity contribution is -0.135. The number of rotatable bonds is 2. The van der Waals surface area contributed by atoms with Gasteiger partial charge in [0.2, 0.25) is 17.7 Å². The van der Waals surface area contributed by atoms with Crippen LogP contribution in [0.4, 0.5) is 11.4 Å². The number of amides is 3. The number of fused-ring (bicyclic) bond motifs is 1. The summed E-state index contributed by atoms with van der Waals surface area (Å²) in [5, 5.41) is 5.74. The molecular formula is C19H24N4O3. The van der Waals surface area contributed by atoms with Crippen molar-refractivity contribution in [2.45, 2.75) is 44.7 Å². The molecule has 3 atom stereocenters. The van der Waals surface area contributed by atoms with Gasteiger partial charge in [0.1, 0.15) is 6.04 Å². The van der Waals surface area contributed by atoms with Crippen LogP contribution in [-0.4, -0.2) is 49.4 Å². The van der Waals surface area contributed by atoms with Gasteiger partial charge in [-0.15, -0.1) is 0 Å². The second-order valence-electron chi connectivity index (χ2n) is 7.39. The van der Waals surface area contributed by atoms with Gasteiger partial charge < -0.3 is 10.2 Å². The second-order valence-corrected chi connectivity index (χ2v) is 7.39. The Morgan fingerprint density at radius 2 is 1.96 bits per heavy atom. The van der Waals surface area contributed by atoms with Gasteiger partial charge in [0.25, 0.3) is 0 Å².